The number of halogens is 4. The molecule has 66 valence electrons. The van der Waals surface area contributed by atoms with E-state index in [0.717, 1.165) is 0 Å². The van der Waals surface area contributed by atoms with Gasteiger partial charge in [0.2, 0.25) is 0 Å². The lowest BCUT2D eigenvalue weighted by Crippen LogP contribution is -2.10. The minimum atomic E-state index is -4.37. The van der Waals surface area contributed by atoms with Gasteiger partial charge in [0.25, 0.3) is 0 Å². The van der Waals surface area contributed by atoms with E-state index < -0.39 is 11.9 Å². The summed E-state index contributed by atoms with van der Waals surface area (Å²) in [5.41, 5.74) is -0.706. The fourth-order valence-electron chi connectivity index (χ4n) is 0.792. The lowest BCUT2D eigenvalue weighted by Gasteiger charge is -2.08. The molecule has 0 atom stereocenters. The Hall–Kier alpha value is -0.580. The lowest BCUT2D eigenvalue weighted by atomic mass is 10.2. The number of hydrogen-bond acceptors (Lipinski definition) is 1. The maximum atomic E-state index is 12.1. The summed E-state index contributed by atoms with van der Waals surface area (Å²) >= 11 is 2.88. The van der Waals surface area contributed by atoms with E-state index in [9.17, 15) is 13.2 Å². The van der Waals surface area contributed by atoms with Crippen molar-refractivity contribution >= 4 is 15.9 Å². The van der Waals surface area contributed by atoms with Gasteiger partial charge in [0.15, 0.2) is 0 Å². The van der Waals surface area contributed by atoms with Gasteiger partial charge in [-0.1, -0.05) is 6.07 Å². The molecule has 1 aromatic heterocycles. The van der Waals surface area contributed by atoms with Crippen LogP contribution in [0.25, 0.3) is 0 Å². The monoisotopic (exact) mass is 239 g/mol. The van der Waals surface area contributed by atoms with Crippen molar-refractivity contribution in [3.63, 3.8) is 0 Å². The largest absolute Gasteiger partial charge is 0.433 e. The van der Waals surface area contributed by atoms with Crippen LogP contribution in [-0.2, 0) is 6.18 Å². The molecule has 0 amide bonds. The second kappa shape index (κ2) is 3.05. The summed E-state index contributed by atoms with van der Waals surface area (Å²) in [5, 5.41) is 0. The van der Waals surface area contributed by atoms with E-state index in [-0.39, 0.29) is 10.2 Å². The van der Waals surface area contributed by atoms with Crippen LogP contribution in [0.2, 0.25) is 0 Å². The number of hydrogen-bond donors (Lipinski definition) is 0. The summed E-state index contributed by atoms with van der Waals surface area (Å²) in [4.78, 5) is 3.34. The first-order valence-corrected chi connectivity index (χ1v) is 3.91. The Morgan fingerprint density at radius 1 is 1.33 bits per heavy atom. The van der Waals surface area contributed by atoms with Gasteiger partial charge in [0, 0.05) is 0 Å². The van der Waals surface area contributed by atoms with Crippen molar-refractivity contribution < 1.29 is 13.2 Å². The molecule has 1 nitrogen and oxygen atoms in total. The number of rotatable bonds is 0. The van der Waals surface area contributed by atoms with Crippen molar-refractivity contribution in [2.75, 3.05) is 0 Å². The Labute approximate surface area is 75.7 Å². The van der Waals surface area contributed by atoms with Crippen LogP contribution < -0.4 is 0 Å². The Morgan fingerprint density at radius 2 is 1.92 bits per heavy atom. The Kier molecular flexibility index (Phi) is 2.41. The van der Waals surface area contributed by atoms with Gasteiger partial charge < -0.3 is 0 Å². The van der Waals surface area contributed by atoms with Gasteiger partial charge >= 0.3 is 6.18 Å². The molecule has 0 aliphatic carbocycles. The molecule has 0 spiro atoms. The van der Waals surface area contributed by atoms with Crippen LogP contribution in [0.3, 0.4) is 0 Å². The second-order valence-electron chi connectivity index (χ2n) is 2.30. The molecule has 0 radical (unpaired) electrons. The summed E-state index contributed by atoms with van der Waals surface area (Å²) in [6.45, 7) is 1.38. The predicted octanol–water partition coefficient (Wildman–Crippen LogP) is 3.17. The van der Waals surface area contributed by atoms with Gasteiger partial charge in [-0.25, -0.2) is 4.98 Å². The van der Waals surface area contributed by atoms with Crippen molar-refractivity contribution in [2.45, 2.75) is 13.1 Å². The van der Waals surface area contributed by atoms with Gasteiger partial charge in [0.1, 0.15) is 10.3 Å². The molecule has 0 bridgehead atoms. The summed E-state index contributed by atoms with van der Waals surface area (Å²) in [5.74, 6) is 0. The smallest absolute Gasteiger partial charge is 0.236 e. The van der Waals surface area contributed by atoms with Gasteiger partial charge in [-0.2, -0.15) is 13.2 Å². The van der Waals surface area contributed by atoms with Crippen molar-refractivity contribution in [3.05, 3.63) is 28.0 Å². The van der Waals surface area contributed by atoms with Crippen molar-refractivity contribution in [3.8, 4) is 0 Å². The maximum Gasteiger partial charge on any atom is 0.433 e. The number of aromatic nitrogens is 1. The van der Waals surface area contributed by atoms with E-state index in [1.165, 1.54) is 19.1 Å². The lowest BCUT2D eigenvalue weighted by molar-refractivity contribution is -0.141. The van der Waals surface area contributed by atoms with Crippen LogP contribution >= 0.6 is 15.9 Å². The maximum absolute atomic E-state index is 12.1. The molecule has 0 aliphatic heterocycles. The van der Waals surface area contributed by atoms with Gasteiger partial charge in [-0.3, -0.25) is 0 Å². The average Bonchev–Trinajstić information content (AvgIpc) is 1.92. The third-order valence-electron chi connectivity index (χ3n) is 1.33. The molecule has 1 aromatic rings. The molecular weight excluding hydrogens is 235 g/mol. The summed E-state index contributed by atoms with van der Waals surface area (Å²) in [7, 11) is 0. The minimum Gasteiger partial charge on any atom is -0.236 e. The fraction of sp³-hybridized carbons (Fsp3) is 0.286. The molecule has 0 N–H and O–H groups in total. The molecule has 0 aliphatic rings. The summed E-state index contributed by atoms with van der Waals surface area (Å²) in [6, 6.07) is 2.85. The van der Waals surface area contributed by atoms with Gasteiger partial charge in [0.05, 0.1) is 0 Å². The quantitative estimate of drug-likeness (QED) is 0.634. The predicted molar refractivity (Wildman–Crippen MR) is 41.7 cm³/mol. The summed E-state index contributed by atoms with van der Waals surface area (Å²) < 4.78 is 36.6. The minimum absolute atomic E-state index is 0.130. The van der Waals surface area contributed by atoms with Crippen molar-refractivity contribution in [1.82, 2.24) is 4.98 Å². The topological polar surface area (TPSA) is 12.9 Å². The van der Waals surface area contributed by atoms with Gasteiger partial charge in [-0.05, 0) is 34.5 Å². The Balaban J connectivity index is 3.23. The average molecular weight is 240 g/mol. The van der Waals surface area contributed by atoms with E-state index in [1.54, 1.807) is 0 Å². The highest BCUT2D eigenvalue weighted by Gasteiger charge is 2.34. The molecule has 0 aromatic carbocycles. The molecule has 5 heteroatoms. The summed E-state index contributed by atoms with van der Waals surface area (Å²) in [6.07, 6.45) is -4.37. The number of alkyl halides is 3. The van der Waals surface area contributed by atoms with Crippen LogP contribution in [0.1, 0.15) is 11.3 Å². The number of pyridine rings is 1. The highest BCUT2D eigenvalue weighted by atomic mass is 79.9. The van der Waals surface area contributed by atoms with Gasteiger partial charge in [-0.15, -0.1) is 0 Å². The van der Waals surface area contributed by atoms with Crippen LogP contribution in [0.4, 0.5) is 13.2 Å². The zero-order valence-electron chi connectivity index (χ0n) is 6.11. The molecule has 0 fully saturated rings. The van der Waals surface area contributed by atoms with Crippen LogP contribution in [0.5, 0.6) is 0 Å². The molecule has 0 unspecified atom stereocenters. The molecule has 1 rings (SSSR count). The first-order chi connectivity index (χ1) is 5.41. The molecule has 12 heavy (non-hydrogen) atoms. The first kappa shape index (κ1) is 9.51. The van der Waals surface area contributed by atoms with E-state index in [0.29, 0.717) is 0 Å². The van der Waals surface area contributed by atoms with E-state index in [1.807, 2.05) is 0 Å². The van der Waals surface area contributed by atoms with Crippen LogP contribution in [0.15, 0.2) is 16.7 Å². The first-order valence-electron chi connectivity index (χ1n) is 3.11. The van der Waals surface area contributed by atoms with E-state index in [2.05, 4.69) is 20.9 Å². The number of nitrogens with zero attached hydrogens (tertiary/aromatic N) is 1. The normalized spacial score (nSPS) is 11.8. The fourth-order valence-corrected chi connectivity index (χ4v) is 1.10. The second-order valence-corrected chi connectivity index (χ2v) is 3.11. The van der Waals surface area contributed by atoms with Crippen molar-refractivity contribution in [2.24, 2.45) is 0 Å². The zero-order chi connectivity index (χ0) is 9.35. The third-order valence-corrected chi connectivity index (χ3v) is 1.77. The van der Waals surface area contributed by atoms with E-state index >= 15 is 0 Å². The zero-order valence-corrected chi connectivity index (χ0v) is 7.70. The van der Waals surface area contributed by atoms with E-state index in [4.69, 9.17) is 0 Å². The SMILES string of the molecule is Cc1ccc(Br)nc1C(F)(F)F. The molecule has 1 heterocycles. The highest BCUT2D eigenvalue weighted by Crippen LogP contribution is 2.30. The highest BCUT2D eigenvalue weighted by molar-refractivity contribution is 9.10. The Morgan fingerprint density at radius 3 is 2.33 bits per heavy atom. The van der Waals surface area contributed by atoms with Crippen LogP contribution in [-0.4, -0.2) is 4.98 Å². The molecular formula is C7H5BrF3N. The van der Waals surface area contributed by atoms with Crippen LogP contribution in [0, 0.1) is 6.92 Å². The number of aryl methyl sites for hydroxylation is 1. The molecule has 0 saturated carbocycles. The molecule has 0 saturated heterocycles. The van der Waals surface area contributed by atoms with Crippen molar-refractivity contribution in [1.29, 1.82) is 0 Å². The standard InChI is InChI=1S/C7H5BrF3N/c1-4-2-3-5(8)12-6(4)7(9,10)11/h2-3H,1H3. The Bertz CT molecular complexity index is 295. The third kappa shape index (κ3) is 1.97.